The number of likely N-dealkylation sites (tertiary alicyclic amines) is 1. The molecule has 0 unspecified atom stereocenters. The number of nitrogens with zero attached hydrogens (tertiary/aromatic N) is 9. The van der Waals surface area contributed by atoms with Gasteiger partial charge in [0.1, 0.15) is 35.4 Å². The first-order valence-corrected chi connectivity index (χ1v) is 24.7. The van der Waals surface area contributed by atoms with Crippen LogP contribution >= 0.6 is 0 Å². The summed E-state index contributed by atoms with van der Waals surface area (Å²) >= 11 is 0. The normalized spacial score (nSPS) is 12.6. The number of para-hydroxylation sites is 2. The van der Waals surface area contributed by atoms with Gasteiger partial charge in [0.05, 0.1) is 23.8 Å². The van der Waals surface area contributed by atoms with Gasteiger partial charge in [0.15, 0.2) is 0 Å². The summed E-state index contributed by atoms with van der Waals surface area (Å²) in [6, 6.07) is 27.2. The van der Waals surface area contributed by atoms with E-state index in [0.717, 1.165) is 66.6 Å². The summed E-state index contributed by atoms with van der Waals surface area (Å²) in [6.07, 6.45) is 18.8. The van der Waals surface area contributed by atoms with Gasteiger partial charge in [-0.15, -0.1) is 0 Å². The average molecular weight is 1080 g/mol. The van der Waals surface area contributed by atoms with Crippen LogP contribution in [0.4, 0.5) is 39.4 Å². The van der Waals surface area contributed by atoms with Crippen LogP contribution in [0.25, 0.3) is 22.3 Å². The third-order valence-electron chi connectivity index (χ3n) is 10.9. The molecule has 1 amide bonds. The number of nitrogens with two attached hydrogens (primary N) is 1. The number of aromatic nitrogens is 6. The Hall–Kier alpha value is -8.51. The van der Waals surface area contributed by atoms with Crippen molar-refractivity contribution < 1.29 is 72.7 Å². The number of pyridine rings is 2. The molecule has 6 aromatic rings. The van der Waals surface area contributed by atoms with E-state index in [2.05, 4.69) is 86.5 Å². The molecule has 4 aromatic heterocycles. The van der Waals surface area contributed by atoms with E-state index < -0.39 is 23.5 Å². The fourth-order valence-corrected chi connectivity index (χ4v) is 7.14. The topological polar surface area (TPSA) is 313 Å². The van der Waals surface area contributed by atoms with Crippen LogP contribution in [0.2, 0.25) is 0 Å². The Labute approximate surface area is 482 Å². The summed E-state index contributed by atoms with van der Waals surface area (Å²) in [6.45, 7) is 10.3. The monoisotopic (exact) mass is 1080 g/mol. The number of piperidine rings is 1. The molecule has 79 heavy (non-hydrogen) atoms. The predicted molar refractivity (Wildman–Crippen MR) is 292 cm³/mol. The maximum absolute atomic E-state index is 11.6. The van der Waals surface area contributed by atoms with E-state index in [1.807, 2.05) is 75.6 Å². The number of nitrogens with one attached hydrogen (secondary N) is 3. The zero-order valence-corrected chi connectivity index (χ0v) is 47.3. The second kappa shape index (κ2) is 34.3. The number of hydrogen-bond donors (Lipinski definition) is 4. The molecule has 5 N–H and O–H groups in total. The van der Waals surface area contributed by atoms with Gasteiger partial charge in [0, 0.05) is 104 Å². The first kappa shape index (κ1) is 64.8. The fraction of sp³-hybridized carbons (Fsp3) is 0.327. The third-order valence-corrected chi connectivity index (χ3v) is 10.9. The van der Waals surface area contributed by atoms with Crippen LogP contribution in [-0.2, 0) is 38.3 Å². The SMILES string of the molecule is CC(=O)OOC(C)=O.CC(C)(C)OC(=O)N1CCC(C=O)CC1.N#Cc1ccc(Nc2ncc(-c3ccccc3N)cn2)cn1.N#Cc1ccc(Nc2ncc(-c3ccccc3NC3CCCCC3)cn2)cn1.[B-]OC(C)=O.[Na+]. The number of carbonyl (C=O) groups is 5. The van der Waals surface area contributed by atoms with Crippen molar-refractivity contribution in [2.75, 3.05) is 34.8 Å². The molecule has 1 aliphatic heterocycles. The van der Waals surface area contributed by atoms with Crippen molar-refractivity contribution in [3.63, 3.8) is 0 Å². The van der Waals surface area contributed by atoms with Gasteiger partial charge in [-0.1, -0.05) is 55.7 Å². The first-order chi connectivity index (χ1) is 37.4. The van der Waals surface area contributed by atoms with Crippen molar-refractivity contribution in [3.05, 3.63) is 121 Å². The van der Waals surface area contributed by atoms with Gasteiger partial charge >= 0.3 is 47.6 Å². The average Bonchev–Trinajstić information content (AvgIpc) is 3.45. The molecule has 0 atom stereocenters. The Kier molecular flexibility index (Phi) is 28.1. The quantitative estimate of drug-likeness (QED) is 0.0416. The first-order valence-electron chi connectivity index (χ1n) is 24.7. The van der Waals surface area contributed by atoms with E-state index in [1.165, 1.54) is 39.0 Å². The van der Waals surface area contributed by atoms with Crippen molar-refractivity contribution in [1.82, 2.24) is 34.8 Å². The van der Waals surface area contributed by atoms with Crippen LogP contribution in [0.5, 0.6) is 0 Å². The van der Waals surface area contributed by atoms with Gasteiger partial charge in [0.25, 0.3) is 0 Å². The smallest absolute Gasteiger partial charge is 0.793 e. The van der Waals surface area contributed by atoms with Crippen molar-refractivity contribution >= 4 is 73.0 Å². The number of amides is 1. The molecule has 1 aliphatic carbocycles. The van der Waals surface area contributed by atoms with E-state index in [0.29, 0.717) is 53.8 Å². The number of anilines is 6. The van der Waals surface area contributed by atoms with Crippen LogP contribution < -0.4 is 51.2 Å². The van der Waals surface area contributed by atoms with E-state index in [1.54, 1.807) is 54.0 Å². The molecule has 1 saturated carbocycles. The number of aldehydes is 1. The van der Waals surface area contributed by atoms with Gasteiger partial charge < -0.3 is 48.8 Å². The molecular formula is C55H62BN13NaO9. The molecule has 0 bridgehead atoms. The van der Waals surface area contributed by atoms with E-state index in [9.17, 15) is 24.0 Å². The second-order valence-corrected chi connectivity index (χ2v) is 18.2. The Balaban J connectivity index is 0.000000287. The number of nitrogen functional groups attached to an aromatic ring is 1. The molecule has 24 heteroatoms. The Bertz CT molecular complexity index is 2930. The minimum absolute atomic E-state index is 0. The van der Waals surface area contributed by atoms with Crippen molar-refractivity contribution in [3.8, 4) is 34.4 Å². The molecule has 2 aliphatic rings. The second-order valence-electron chi connectivity index (χ2n) is 18.2. The molecule has 2 fully saturated rings. The van der Waals surface area contributed by atoms with E-state index in [-0.39, 0.29) is 41.6 Å². The van der Waals surface area contributed by atoms with Crippen molar-refractivity contribution in [2.45, 2.75) is 98.1 Å². The predicted octanol–water partition coefficient (Wildman–Crippen LogP) is 6.13. The zero-order valence-electron chi connectivity index (χ0n) is 45.3. The van der Waals surface area contributed by atoms with Gasteiger partial charge in [-0.05, 0) is 82.9 Å². The van der Waals surface area contributed by atoms with Crippen LogP contribution in [0, 0.1) is 28.6 Å². The summed E-state index contributed by atoms with van der Waals surface area (Å²) in [5.41, 5.74) is 13.3. The minimum atomic E-state index is -0.639. The van der Waals surface area contributed by atoms with E-state index >= 15 is 0 Å². The van der Waals surface area contributed by atoms with Crippen LogP contribution in [0.1, 0.15) is 97.9 Å². The number of carbonyl (C=O) groups excluding carboxylic acids is 5. The van der Waals surface area contributed by atoms with Crippen LogP contribution in [0.3, 0.4) is 0 Å². The van der Waals surface area contributed by atoms with Gasteiger partial charge in [-0.3, -0.25) is 4.79 Å². The summed E-state index contributed by atoms with van der Waals surface area (Å²) in [7, 11) is 4.32. The zero-order chi connectivity index (χ0) is 56.9. The maximum atomic E-state index is 11.6. The molecule has 3 radical (unpaired) electrons. The van der Waals surface area contributed by atoms with Crippen LogP contribution in [0.15, 0.2) is 110 Å². The summed E-state index contributed by atoms with van der Waals surface area (Å²) in [5.74, 6) is -0.688. The maximum Gasteiger partial charge on any atom is 1.00 e. The molecule has 5 heterocycles. The standard InChI is InChI=1S/C22H22N6.C16H12N6.C11H19NO3.C4H6O4.C2H3BO2.Na/c23-12-18-10-11-19(15-24-18)28-22-25-13-16(14-26-22)20-8-4-5-9-21(20)27-17-6-2-1-3-7-17;17-7-12-5-6-13(10-19-12)22-16-20-8-11(9-21-16)14-3-1-2-4-15(14)18;1-11(2,3)15-10(14)12-6-4-9(8-13)5-7-12;1-3(5)7-8-4(2)6;1-2(4)5-3;/h4-5,8-11,13-15,17,27H,1-3,6-7H2,(H,25,26,28);1-6,8-10H,18H2,(H,20,21,22);8-9H,4-7H2,1-3H3;1-2H3;1H3;/q;;;;-1;+1. The molecule has 8 rings (SSSR count). The molecule has 22 nitrogen and oxygen atoms in total. The molecule has 405 valence electrons. The van der Waals surface area contributed by atoms with Gasteiger partial charge in [0.2, 0.25) is 17.9 Å². The molecular weight excluding hydrogens is 1020 g/mol. The number of benzene rings is 2. The molecule has 0 spiro atoms. The van der Waals surface area contributed by atoms with Crippen molar-refractivity contribution in [2.24, 2.45) is 5.92 Å². The Morgan fingerprint density at radius 2 is 1.11 bits per heavy atom. The Morgan fingerprint density at radius 3 is 1.52 bits per heavy atom. The fourth-order valence-electron chi connectivity index (χ4n) is 7.14. The summed E-state index contributed by atoms with van der Waals surface area (Å²) in [4.78, 5) is 86.0. The van der Waals surface area contributed by atoms with Crippen LogP contribution in [-0.4, -0.2) is 97.9 Å². The molecule has 1 saturated heterocycles. The number of ether oxygens (including phenoxy) is 1. The number of hydrogen-bond acceptors (Lipinski definition) is 21. The summed E-state index contributed by atoms with van der Waals surface area (Å²) < 4.78 is 8.86. The van der Waals surface area contributed by atoms with Crippen molar-refractivity contribution in [1.29, 1.82) is 10.5 Å². The largest absolute Gasteiger partial charge is 1.00 e. The minimum Gasteiger partial charge on any atom is -0.793 e. The Morgan fingerprint density at radius 1 is 0.658 bits per heavy atom. The molecule has 2 aromatic carbocycles. The number of rotatable bonds is 9. The summed E-state index contributed by atoms with van der Waals surface area (Å²) in [5, 5.41) is 27.4. The van der Waals surface area contributed by atoms with Gasteiger partial charge in [-0.2, -0.15) is 10.5 Å². The number of nitriles is 2. The third kappa shape index (κ3) is 24.6. The van der Waals surface area contributed by atoms with E-state index in [4.69, 9.17) is 21.0 Å². The van der Waals surface area contributed by atoms with Gasteiger partial charge in [-0.25, -0.2) is 54.1 Å².